The van der Waals surface area contributed by atoms with E-state index in [-0.39, 0.29) is 0 Å². The summed E-state index contributed by atoms with van der Waals surface area (Å²) in [5.74, 6) is 0. The van der Waals surface area contributed by atoms with Gasteiger partial charge in [-0.05, 0) is 32.9 Å². The minimum absolute atomic E-state index is 0.538. The third-order valence-corrected chi connectivity index (χ3v) is 1.91. The van der Waals surface area contributed by atoms with Gasteiger partial charge in [0.15, 0.2) is 5.70 Å². The lowest BCUT2D eigenvalue weighted by Gasteiger charge is -2.23. The van der Waals surface area contributed by atoms with Crippen molar-refractivity contribution in [3.8, 4) is 0 Å². The average molecular weight is 234 g/mol. The summed E-state index contributed by atoms with van der Waals surface area (Å²) in [6, 6.07) is 0. The number of hydrazone groups is 1. The molecule has 0 aromatic carbocycles. The Hall–Kier alpha value is -2.20. The molecule has 1 aliphatic heterocycles. The molecule has 6 heteroatoms. The molecule has 90 valence electrons. The van der Waals surface area contributed by atoms with Gasteiger partial charge in [-0.1, -0.05) is 11.8 Å². The van der Waals surface area contributed by atoms with Gasteiger partial charge in [0.1, 0.15) is 11.3 Å². The summed E-state index contributed by atoms with van der Waals surface area (Å²) in [5, 5.41) is 5.37. The molecule has 0 saturated heterocycles. The Labute approximate surface area is 99.2 Å². The zero-order valence-corrected chi connectivity index (χ0v) is 9.94. The van der Waals surface area contributed by atoms with Crippen LogP contribution in [0.4, 0.5) is 4.79 Å². The predicted molar refractivity (Wildman–Crippen MR) is 62.5 cm³/mol. The van der Waals surface area contributed by atoms with Gasteiger partial charge in [0.2, 0.25) is 0 Å². The fourth-order valence-corrected chi connectivity index (χ4v) is 1.32. The van der Waals surface area contributed by atoms with E-state index in [1.165, 1.54) is 5.12 Å². The number of ether oxygens (including phenoxy) is 1. The quantitative estimate of drug-likeness (QED) is 0.669. The van der Waals surface area contributed by atoms with Crippen LogP contribution in [0.2, 0.25) is 0 Å². The molecular formula is C11H14N4O2. The molecule has 0 radical (unpaired) electrons. The minimum Gasteiger partial charge on any atom is -0.443 e. The number of rotatable bonds is 1. The van der Waals surface area contributed by atoms with E-state index in [2.05, 4.69) is 21.8 Å². The van der Waals surface area contributed by atoms with Gasteiger partial charge >= 0.3 is 6.09 Å². The molecule has 6 nitrogen and oxygen atoms in total. The van der Waals surface area contributed by atoms with Crippen LogP contribution in [0.3, 0.4) is 0 Å². The first-order chi connectivity index (χ1) is 7.96. The smallest absolute Gasteiger partial charge is 0.428 e. The summed E-state index contributed by atoms with van der Waals surface area (Å²) in [6.45, 7) is 5.40. The Morgan fingerprint density at radius 3 is 3.06 bits per heavy atom. The lowest BCUT2D eigenvalue weighted by atomic mass is 10.2. The maximum Gasteiger partial charge on any atom is 0.428 e. The van der Waals surface area contributed by atoms with Crippen molar-refractivity contribution >= 4 is 11.8 Å². The number of hydrogen-bond donors (Lipinski definition) is 2. The second kappa shape index (κ2) is 3.99. The molecule has 2 rings (SSSR count). The number of hydrogen-bond acceptors (Lipinski definition) is 5. The number of nitrogens with one attached hydrogen (secondary N) is 2. The molecular weight excluding hydrogens is 220 g/mol. The van der Waals surface area contributed by atoms with E-state index in [1.807, 2.05) is 12.2 Å². The van der Waals surface area contributed by atoms with Crippen molar-refractivity contribution in [3.63, 3.8) is 0 Å². The molecule has 0 spiro atoms. The van der Waals surface area contributed by atoms with Gasteiger partial charge in [-0.15, -0.1) is 0 Å². The van der Waals surface area contributed by atoms with Crippen LogP contribution >= 0.6 is 0 Å². The zero-order valence-electron chi connectivity index (χ0n) is 9.94. The van der Waals surface area contributed by atoms with E-state index in [1.54, 1.807) is 26.8 Å². The van der Waals surface area contributed by atoms with E-state index in [9.17, 15) is 4.79 Å². The van der Waals surface area contributed by atoms with Gasteiger partial charge in [0.05, 0.1) is 0 Å². The number of fused-ring (bicyclic) bond motifs is 1. The number of hydrazine groups is 2. The monoisotopic (exact) mass is 234 g/mol. The summed E-state index contributed by atoms with van der Waals surface area (Å²) in [5.41, 5.74) is 8.97. The van der Waals surface area contributed by atoms with Crippen LogP contribution in [-0.2, 0) is 4.74 Å². The van der Waals surface area contributed by atoms with E-state index in [0.29, 0.717) is 11.4 Å². The molecule has 1 aliphatic carbocycles. The SMILES string of the molecule is CC(C)(C)OC(=O)NN1NN=C2C=CC=C=C21. The maximum atomic E-state index is 11.6. The molecule has 0 atom stereocenters. The Morgan fingerprint density at radius 1 is 1.59 bits per heavy atom. The van der Waals surface area contributed by atoms with Crippen molar-refractivity contribution in [2.24, 2.45) is 5.10 Å². The van der Waals surface area contributed by atoms with Crippen molar-refractivity contribution in [3.05, 3.63) is 29.7 Å². The lowest BCUT2D eigenvalue weighted by molar-refractivity contribution is 0.0334. The van der Waals surface area contributed by atoms with E-state index in [0.717, 1.165) is 0 Å². The van der Waals surface area contributed by atoms with E-state index in [4.69, 9.17) is 4.74 Å². The highest BCUT2D eigenvalue weighted by Crippen LogP contribution is 2.12. The highest BCUT2D eigenvalue weighted by atomic mass is 16.6. The topological polar surface area (TPSA) is 66.0 Å². The van der Waals surface area contributed by atoms with Gasteiger partial charge in [0, 0.05) is 0 Å². The van der Waals surface area contributed by atoms with Crippen LogP contribution in [0.15, 0.2) is 34.8 Å². The first kappa shape index (κ1) is 11.3. The fraction of sp³-hybridized carbons (Fsp3) is 0.364. The normalized spacial score (nSPS) is 17.0. The highest BCUT2D eigenvalue weighted by Gasteiger charge is 2.25. The highest BCUT2D eigenvalue weighted by molar-refractivity contribution is 6.09. The van der Waals surface area contributed by atoms with Crippen LogP contribution < -0.4 is 11.0 Å². The Balaban J connectivity index is 1.99. The number of allylic oxidation sites excluding steroid dienone is 2. The second-order valence-corrected chi connectivity index (χ2v) is 4.56. The molecule has 2 N–H and O–H groups in total. The van der Waals surface area contributed by atoms with E-state index < -0.39 is 11.7 Å². The number of amides is 1. The summed E-state index contributed by atoms with van der Waals surface area (Å²) >= 11 is 0. The molecule has 17 heavy (non-hydrogen) atoms. The maximum absolute atomic E-state index is 11.6. The fourth-order valence-electron chi connectivity index (χ4n) is 1.32. The number of carbonyl (C=O) groups is 1. The van der Waals surface area contributed by atoms with Crippen molar-refractivity contribution in [1.29, 1.82) is 0 Å². The van der Waals surface area contributed by atoms with Crippen molar-refractivity contribution < 1.29 is 9.53 Å². The predicted octanol–water partition coefficient (Wildman–Crippen LogP) is 1.21. The van der Waals surface area contributed by atoms with Gasteiger partial charge in [-0.2, -0.15) is 15.8 Å². The van der Waals surface area contributed by atoms with Gasteiger partial charge < -0.3 is 4.74 Å². The van der Waals surface area contributed by atoms with Crippen LogP contribution in [0.1, 0.15) is 20.8 Å². The molecule has 0 fully saturated rings. The summed E-state index contributed by atoms with van der Waals surface area (Å²) in [7, 11) is 0. The molecule has 0 bridgehead atoms. The van der Waals surface area contributed by atoms with Gasteiger partial charge in [-0.25, -0.2) is 10.2 Å². The Bertz CT molecular complexity index is 464. The third-order valence-electron chi connectivity index (χ3n) is 1.91. The molecule has 1 heterocycles. The number of nitrogens with zero attached hydrogens (tertiary/aromatic N) is 2. The van der Waals surface area contributed by atoms with E-state index >= 15 is 0 Å². The molecule has 0 saturated carbocycles. The van der Waals surface area contributed by atoms with Gasteiger partial charge in [0.25, 0.3) is 0 Å². The van der Waals surface area contributed by atoms with Gasteiger partial charge in [-0.3, -0.25) is 0 Å². The summed E-state index contributed by atoms with van der Waals surface area (Å²) in [4.78, 5) is 11.6. The van der Waals surface area contributed by atoms with Crippen molar-refractivity contribution in [1.82, 2.24) is 16.1 Å². The Kier molecular flexibility index (Phi) is 2.65. The zero-order chi connectivity index (χ0) is 12.5. The van der Waals surface area contributed by atoms with Crippen molar-refractivity contribution in [2.75, 3.05) is 0 Å². The molecule has 0 aromatic heterocycles. The van der Waals surface area contributed by atoms with Crippen LogP contribution in [-0.4, -0.2) is 22.5 Å². The van der Waals surface area contributed by atoms with Crippen molar-refractivity contribution in [2.45, 2.75) is 26.4 Å². The third kappa shape index (κ3) is 2.68. The second-order valence-electron chi connectivity index (χ2n) is 4.56. The summed E-state index contributed by atoms with van der Waals surface area (Å²) < 4.78 is 5.13. The first-order valence-corrected chi connectivity index (χ1v) is 5.22. The average Bonchev–Trinajstić information content (AvgIpc) is 2.59. The van der Waals surface area contributed by atoms with Crippen LogP contribution in [0.5, 0.6) is 0 Å². The molecule has 1 amide bonds. The minimum atomic E-state index is -0.551. The molecule has 0 aromatic rings. The van der Waals surface area contributed by atoms with Crippen LogP contribution in [0, 0.1) is 0 Å². The number of carbonyl (C=O) groups excluding carboxylic acids is 1. The summed E-state index contributed by atoms with van der Waals surface area (Å²) in [6.07, 6.45) is 4.83. The standard InChI is InChI=1S/C11H14N4O2/c1-11(2,3)17-10(16)13-15-9-7-5-4-6-8(9)12-14-15/h4-6,14H,1-3H3,(H,13,16). The first-order valence-electron chi connectivity index (χ1n) is 5.22. The molecule has 0 unspecified atom stereocenters. The Morgan fingerprint density at radius 2 is 2.35 bits per heavy atom. The molecule has 2 aliphatic rings. The van der Waals surface area contributed by atoms with Crippen LogP contribution in [0.25, 0.3) is 0 Å². The largest absolute Gasteiger partial charge is 0.443 e. The lowest BCUT2D eigenvalue weighted by Crippen LogP contribution is -2.47.